The van der Waals surface area contributed by atoms with E-state index in [-0.39, 0.29) is 29.0 Å². The lowest BCUT2D eigenvalue weighted by molar-refractivity contribution is -0.119. The van der Waals surface area contributed by atoms with E-state index >= 15 is 0 Å². The Morgan fingerprint density at radius 3 is 2.20 bits per heavy atom. The van der Waals surface area contributed by atoms with Gasteiger partial charge in [-0.2, -0.15) is 5.10 Å². The molecule has 1 atom stereocenters. The second-order valence-corrected chi connectivity index (χ2v) is 9.40. The number of benzene rings is 2. The average molecular weight is 429 g/mol. The van der Waals surface area contributed by atoms with Gasteiger partial charge in [-0.05, 0) is 50.2 Å². The van der Waals surface area contributed by atoms with Crippen molar-refractivity contribution in [3.8, 4) is 0 Å². The molecule has 2 aromatic rings. The summed E-state index contributed by atoms with van der Waals surface area (Å²) in [6.45, 7) is 3.69. The predicted octanol–water partition coefficient (Wildman–Crippen LogP) is 1.95. The third-order valence-corrected chi connectivity index (χ3v) is 5.91. The summed E-state index contributed by atoms with van der Waals surface area (Å²) in [6.07, 6.45) is 1.22. The van der Waals surface area contributed by atoms with Crippen LogP contribution in [0, 0.1) is 0 Å². The number of hydrazone groups is 1. The second-order valence-electron chi connectivity index (χ2n) is 7.38. The lowest BCUT2D eigenvalue weighted by atomic mass is 10.1. The van der Waals surface area contributed by atoms with Crippen molar-refractivity contribution >= 4 is 38.7 Å². The van der Waals surface area contributed by atoms with Crippen LogP contribution in [0.5, 0.6) is 0 Å². The smallest absolute Gasteiger partial charge is 0.274 e. The third kappa shape index (κ3) is 4.35. The number of nitrogens with two attached hydrogens (primary N) is 1. The van der Waals surface area contributed by atoms with Crippen molar-refractivity contribution in [1.82, 2.24) is 0 Å². The summed E-state index contributed by atoms with van der Waals surface area (Å²) < 4.78 is 23.4. The van der Waals surface area contributed by atoms with Gasteiger partial charge in [0.2, 0.25) is 5.91 Å². The molecule has 0 aliphatic carbocycles. The highest BCUT2D eigenvalue weighted by Crippen LogP contribution is 2.27. The van der Waals surface area contributed by atoms with Gasteiger partial charge >= 0.3 is 0 Å². The molecular formula is C21H24N4O4S. The highest BCUT2D eigenvalue weighted by atomic mass is 32.2. The molecule has 2 amide bonds. The fourth-order valence-corrected chi connectivity index (χ4v) is 3.95. The Morgan fingerprint density at radius 1 is 1.10 bits per heavy atom. The first-order valence-corrected chi connectivity index (χ1v) is 11.3. The lowest BCUT2D eigenvalue weighted by Gasteiger charge is -2.27. The largest absolute Gasteiger partial charge is 0.368 e. The summed E-state index contributed by atoms with van der Waals surface area (Å²) in [5.41, 5.74) is 6.97. The van der Waals surface area contributed by atoms with E-state index in [1.165, 1.54) is 22.0 Å². The number of hydrogen-bond acceptors (Lipinski definition) is 6. The molecule has 0 aromatic heterocycles. The molecule has 158 valence electrons. The van der Waals surface area contributed by atoms with Crippen LogP contribution >= 0.6 is 0 Å². The highest BCUT2D eigenvalue weighted by molar-refractivity contribution is 7.90. The number of primary amides is 1. The minimum Gasteiger partial charge on any atom is -0.368 e. The molecular weight excluding hydrogens is 404 g/mol. The maximum Gasteiger partial charge on any atom is 0.274 e. The van der Waals surface area contributed by atoms with E-state index in [1.54, 1.807) is 24.3 Å². The van der Waals surface area contributed by atoms with E-state index < -0.39 is 21.8 Å². The van der Waals surface area contributed by atoms with E-state index in [0.29, 0.717) is 11.4 Å². The zero-order valence-electron chi connectivity index (χ0n) is 17.0. The van der Waals surface area contributed by atoms with Crippen LogP contribution in [0.4, 0.5) is 11.4 Å². The molecule has 1 aliphatic heterocycles. The van der Waals surface area contributed by atoms with Gasteiger partial charge in [0.15, 0.2) is 9.84 Å². The fourth-order valence-electron chi connectivity index (χ4n) is 3.32. The molecule has 0 fully saturated rings. The summed E-state index contributed by atoms with van der Waals surface area (Å²) in [4.78, 5) is 27.0. The average Bonchev–Trinajstić information content (AvgIpc) is 3.14. The van der Waals surface area contributed by atoms with Gasteiger partial charge in [-0.3, -0.25) is 14.6 Å². The Bertz CT molecular complexity index is 1080. The third-order valence-electron chi connectivity index (χ3n) is 4.78. The monoisotopic (exact) mass is 428 g/mol. The second kappa shape index (κ2) is 8.27. The first-order chi connectivity index (χ1) is 14.1. The zero-order chi connectivity index (χ0) is 22.1. The molecule has 0 bridgehead atoms. The van der Waals surface area contributed by atoms with Gasteiger partial charge in [-0.15, -0.1) is 0 Å². The maximum atomic E-state index is 13.3. The van der Waals surface area contributed by atoms with Gasteiger partial charge in [0, 0.05) is 24.4 Å². The van der Waals surface area contributed by atoms with Crippen LogP contribution in [0.2, 0.25) is 0 Å². The molecule has 8 nitrogen and oxygen atoms in total. The first-order valence-electron chi connectivity index (χ1n) is 9.44. The number of anilines is 2. The van der Waals surface area contributed by atoms with Gasteiger partial charge < -0.3 is 10.6 Å². The molecule has 2 N–H and O–H groups in total. The van der Waals surface area contributed by atoms with Crippen LogP contribution < -0.4 is 15.6 Å². The molecule has 2 aromatic carbocycles. The van der Waals surface area contributed by atoms with Crippen molar-refractivity contribution in [2.24, 2.45) is 10.8 Å². The summed E-state index contributed by atoms with van der Waals surface area (Å²) in [7, 11) is -3.34. The van der Waals surface area contributed by atoms with E-state index in [4.69, 9.17) is 5.73 Å². The van der Waals surface area contributed by atoms with Crippen LogP contribution in [-0.4, -0.2) is 44.3 Å². The van der Waals surface area contributed by atoms with Crippen LogP contribution in [0.15, 0.2) is 64.6 Å². The first kappa shape index (κ1) is 21.5. The Labute approximate surface area is 175 Å². The van der Waals surface area contributed by atoms with Crippen LogP contribution in [0.25, 0.3) is 0 Å². The molecule has 0 spiro atoms. The minimum absolute atomic E-state index is 0.0910. The number of hydrogen-bond donors (Lipinski definition) is 1. The van der Waals surface area contributed by atoms with Crippen molar-refractivity contribution in [2.75, 3.05) is 16.2 Å². The lowest BCUT2D eigenvalue weighted by Crippen LogP contribution is -2.42. The predicted molar refractivity (Wildman–Crippen MR) is 116 cm³/mol. The van der Waals surface area contributed by atoms with Crippen LogP contribution in [0.3, 0.4) is 0 Å². The number of nitrogens with zero attached hydrogens (tertiary/aromatic N) is 3. The Morgan fingerprint density at radius 2 is 1.70 bits per heavy atom. The number of rotatable bonds is 6. The SMILES string of the molecule is CC(C)N(C(=O)C1=NN(c2ccccc2)C(C(N)=O)C1)c1ccc(S(C)(=O)=O)cc1. The van der Waals surface area contributed by atoms with Crippen molar-refractivity contribution in [3.05, 3.63) is 54.6 Å². The summed E-state index contributed by atoms with van der Waals surface area (Å²) in [6, 6.07) is 14.2. The summed E-state index contributed by atoms with van der Waals surface area (Å²) in [5, 5.41) is 5.88. The number of carbonyl (C=O) groups excluding carboxylic acids is 2. The molecule has 1 heterocycles. The van der Waals surface area contributed by atoms with Crippen LogP contribution in [-0.2, 0) is 19.4 Å². The Balaban J connectivity index is 1.95. The Hall–Kier alpha value is -3.20. The van der Waals surface area contributed by atoms with Crippen molar-refractivity contribution in [1.29, 1.82) is 0 Å². The van der Waals surface area contributed by atoms with Gasteiger partial charge in [0.25, 0.3) is 5.91 Å². The molecule has 1 aliphatic rings. The van der Waals surface area contributed by atoms with E-state index in [2.05, 4.69) is 5.10 Å². The maximum absolute atomic E-state index is 13.3. The molecule has 30 heavy (non-hydrogen) atoms. The quantitative estimate of drug-likeness (QED) is 0.756. The van der Waals surface area contributed by atoms with E-state index in [0.717, 1.165) is 6.26 Å². The summed E-state index contributed by atoms with van der Waals surface area (Å²) >= 11 is 0. The molecule has 0 saturated heterocycles. The van der Waals surface area contributed by atoms with E-state index in [9.17, 15) is 18.0 Å². The van der Waals surface area contributed by atoms with Gasteiger partial charge in [0.05, 0.1) is 10.6 Å². The fraction of sp³-hybridized carbons (Fsp3) is 0.286. The number of sulfone groups is 1. The molecule has 0 radical (unpaired) electrons. The van der Waals surface area contributed by atoms with Crippen molar-refractivity contribution < 1.29 is 18.0 Å². The summed E-state index contributed by atoms with van der Waals surface area (Å²) in [5.74, 6) is -0.930. The number of carbonyl (C=O) groups is 2. The molecule has 0 saturated carbocycles. The van der Waals surface area contributed by atoms with E-state index in [1.807, 2.05) is 32.0 Å². The number of amides is 2. The Kier molecular flexibility index (Phi) is 5.93. The van der Waals surface area contributed by atoms with Gasteiger partial charge in [-0.25, -0.2) is 8.42 Å². The zero-order valence-corrected chi connectivity index (χ0v) is 17.8. The standard InChI is InChI=1S/C21H24N4O4S/c1-14(2)24(15-9-11-17(12-10-15)30(3,28)29)21(27)18-13-19(20(22)26)25(23-18)16-7-5-4-6-8-16/h4-12,14,19H,13H2,1-3H3,(H2,22,26). The number of para-hydroxylation sites is 1. The molecule has 3 rings (SSSR count). The normalized spacial score (nSPS) is 16.5. The molecule has 1 unspecified atom stereocenters. The van der Waals surface area contributed by atoms with Gasteiger partial charge in [-0.1, -0.05) is 18.2 Å². The van der Waals surface area contributed by atoms with Crippen molar-refractivity contribution in [2.45, 2.75) is 37.2 Å². The van der Waals surface area contributed by atoms with Crippen LogP contribution in [0.1, 0.15) is 20.3 Å². The molecule has 9 heteroatoms. The van der Waals surface area contributed by atoms with Gasteiger partial charge in [0.1, 0.15) is 11.8 Å². The topological polar surface area (TPSA) is 113 Å². The minimum atomic E-state index is -3.34. The van der Waals surface area contributed by atoms with Crippen molar-refractivity contribution in [3.63, 3.8) is 0 Å². The highest BCUT2D eigenvalue weighted by Gasteiger charge is 2.37.